The highest BCUT2D eigenvalue weighted by molar-refractivity contribution is 5.24. The van der Waals surface area contributed by atoms with E-state index >= 15 is 0 Å². The van der Waals surface area contributed by atoms with E-state index < -0.39 is 5.60 Å². The van der Waals surface area contributed by atoms with Crippen molar-refractivity contribution in [3.63, 3.8) is 0 Å². The third-order valence-corrected chi connectivity index (χ3v) is 10.2. The monoisotopic (exact) mass is 386 g/mol. The van der Waals surface area contributed by atoms with Crippen LogP contribution < -0.4 is 0 Å². The number of hydrogen-bond acceptors (Lipinski definition) is 1. The van der Waals surface area contributed by atoms with Gasteiger partial charge in [-0.15, -0.1) is 0 Å². The van der Waals surface area contributed by atoms with Gasteiger partial charge in [-0.05, 0) is 112 Å². The van der Waals surface area contributed by atoms with E-state index in [0.717, 1.165) is 36.0 Å². The molecule has 0 bridgehead atoms. The first-order valence-electron chi connectivity index (χ1n) is 12.6. The molecule has 1 nitrogen and oxygen atoms in total. The van der Waals surface area contributed by atoms with Crippen LogP contribution in [0.15, 0.2) is 11.6 Å². The molecule has 0 aromatic rings. The average Bonchev–Trinajstić information content (AvgIpc) is 2.97. The van der Waals surface area contributed by atoms with E-state index in [2.05, 4.69) is 26.8 Å². The van der Waals surface area contributed by atoms with E-state index in [9.17, 15) is 5.11 Å². The van der Waals surface area contributed by atoms with Gasteiger partial charge in [0.2, 0.25) is 0 Å². The predicted molar refractivity (Wildman–Crippen MR) is 119 cm³/mol. The molecule has 1 heteroatoms. The molecule has 0 amide bonds. The Morgan fingerprint density at radius 3 is 2.64 bits per heavy atom. The Morgan fingerprint density at radius 1 is 1.11 bits per heavy atom. The molecule has 4 rings (SSSR count). The quantitative estimate of drug-likeness (QED) is 0.484. The minimum atomic E-state index is -0.499. The summed E-state index contributed by atoms with van der Waals surface area (Å²) in [6.07, 6.45) is 19.2. The lowest BCUT2D eigenvalue weighted by atomic mass is 9.47. The molecule has 160 valence electrons. The van der Waals surface area contributed by atoms with E-state index in [4.69, 9.17) is 0 Å². The van der Waals surface area contributed by atoms with Crippen molar-refractivity contribution in [2.24, 2.45) is 40.4 Å². The lowest BCUT2D eigenvalue weighted by molar-refractivity contribution is -0.0503. The molecule has 1 N–H and O–H groups in total. The molecule has 7 unspecified atom stereocenters. The van der Waals surface area contributed by atoms with Gasteiger partial charge in [0.1, 0.15) is 0 Å². The van der Waals surface area contributed by atoms with Gasteiger partial charge in [0.05, 0.1) is 5.60 Å². The van der Waals surface area contributed by atoms with Crippen LogP contribution in [0.1, 0.15) is 112 Å². The molecule has 7 atom stereocenters. The van der Waals surface area contributed by atoms with Gasteiger partial charge in [-0.3, -0.25) is 0 Å². The fourth-order valence-corrected chi connectivity index (χ4v) is 8.73. The maximum atomic E-state index is 10.1. The molecular formula is C27H46O. The smallest absolute Gasteiger partial charge is 0.0591 e. The Balaban J connectivity index is 1.47. The third kappa shape index (κ3) is 3.52. The number of allylic oxidation sites excluding steroid dienone is 2. The molecule has 3 fully saturated rings. The molecule has 4 aliphatic carbocycles. The van der Waals surface area contributed by atoms with Gasteiger partial charge in [0.25, 0.3) is 0 Å². The molecule has 0 aromatic carbocycles. The molecule has 3 saturated carbocycles. The Hall–Kier alpha value is -0.300. The zero-order chi connectivity index (χ0) is 20.2. The van der Waals surface area contributed by atoms with Crippen LogP contribution in [0.2, 0.25) is 0 Å². The SMILES string of the molecule is CC(CCCC(C)(C)O)C1CCC2C3CC=C4CCCCC4(C)C3CCC12C. The van der Waals surface area contributed by atoms with Crippen LogP contribution in [0.5, 0.6) is 0 Å². The maximum Gasteiger partial charge on any atom is 0.0591 e. The molecule has 0 aromatic heterocycles. The van der Waals surface area contributed by atoms with Crippen LogP contribution in [0, 0.1) is 40.4 Å². The third-order valence-electron chi connectivity index (χ3n) is 10.2. The topological polar surface area (TPSA) is 20.2 Å². The first kappa shape index (κ1) is 21.0. The number of fused-ring (bicyclic) bond motifs is 5. The molecule has 0 heterocycles. The van der Waals surface area contributed by atoms with Crippen molar-refractivity contribution < 1.29 is 5.11 Å². The summed E-state index contributed by atoms with van der Waals surface area (Å²) >= 11 is 0. The van der Waals surface area contributed by atoms with Crippen molar-refractivity contribution in [2.75, 3.05) is 0 Å². The summed E-state index contributed by atoms with van der Waals surface area (Å²) in [5, 5.41) is 10.1. The van der Waals surface area contributed by atoms with Gasteiger partial charge in [-0.1, -0.05) is 51.7 Å². The Bertz CT molecular complexity index is 598. The molecule has 0 radical (unpaired) electrons. The second-order valence-electron chi connectivity index (χ2n) is 12.4. The molecule has 0 aliphatic heterocycles. The minimum Gasteiger partial charge on any atom is -0.390 e. The molecule has 0 saturated heterocycles. The lowest BCUT2D eigenvalue weighted by Gasteiger charge is -2.58. The zero-order valence-electron chi connectivity index (χ0n) is 19.4. The first-order valence-corrected chi connectivity index (χ1v) is 12.6. The highest BCUT2D eigenvalue weighted by atomic mass is 16.3. The highest BCUT2D eigenvalue weighted by Crippen LogP contribution is 2.67. The number of hydrogen-bond donors (Lipinski definition) is 1. The second-order valence-corrected chi connectivity index (χ2v) is 12.4. The predicted octanol–water partition coefficient (Wildman–Crippen LogP) is 7.53. The molecule has 28 heavy (non-hydrogen) atoms. The lowest BCUT2D eigenvalue weighted by Crippen LogP contribution is -2.50. The number of rotatable bonds is 5. The molecule has 4 aliphatic rings. The highest BCUT2D eigenvalue weighted by Gasteiger charge is 2.58. The summed E-state index contributed by atoms with van der Waals surface area (Å²) in [6.45, 7) is 11.8. The largest absolute Gasteiger partial charge is 0.390 e. The second kappa shape index (κ2) is 7.44. The molecule has 0 spiro atoms. The van der Waals surface area contributed by atoms with Crippen molar-refractivity contribution >= 4 is 0 Å². The van der Waals surface area contributed by atoms with Crippen molar-refractivity contribution in [1.29, 1.82) is 0 Å². The van der Waals surface area contributed by atoms with E-state index in [1.54, 1.807) is 0 Å². The standard InChI is InChI=1S/C27H46O/c1-19(9-8-16-25(2,3)28)22-13-14-23-21-12-11-20-10-6-7-17-26(20,4)24(21)15-18-27(22,23)5/h11,19,21-24,28H,6-10,12-18H2,1-5H3. The summed E-state index contributed by atoms with van der Waals surface area (Å²) in [5.74, 6) is 4.61. The summed E-state index contributed by atoms with van der Waals surface area (Å²) in [5.41, 5.74) is 2.46. The fourth-order valence-electron chi connectivity index (χ4n) is 8.73. The van der Waals surface area contributed by atoms with E-state index in [1.165, 1.54) is 70.6 Å². The van der Waals surface area contributed by atoms with Crippen LogP contribution in [-0.2, 0) is 0 Å². The summed E-state index contributed by atoms with van der Waals surface area (Å²) in [7, 11) is 0. The molecular weight excluding hydrogens is 340 g/mol. The minimum absolute atomic E-state index is 0.499. The Kier molecular flexibility index (Phi) is 5.56. The zero-order valence-corrected chi connectivity index (χ0v) is 19.4. The van der Waals surface area contributed by atoms with Gasteiger partial charge in [-0.2, -0.15) is 0 Å². The normalized spacial score (nSPS) is 44.3. The van der Waals surface area contributed by atoms with Crippen molar-refractivity contribution in [3.05, 3.63) is 11.6 Å². The maximum absolute atomic E-state index is 10.1. The van der Waals surface area contributed by atoms with Gasteiger partial charge in [-0.25, -0.2) is 0 Å². The fraction of sp³-hybridized carbons (Fsp3) is 0.926. The average molecular weight is 387 g/mol. The van der Waals surface area contributed by atoms with Gasteiger partial charge < -0.3 is 5.11 Å². The summed E-state index contributed by atoms with van der Waals surface area (Å²) < 4.78 is 0. The van der Waals surface area contributed by atoms with Gasteiger partial charge in [0.15, 0.2) is 0 Å². The van der Waals surface area contributed by atoms with E-state index in [-0.39, 0.29) is 0 Å². The number of aliphatic hydroxyl groups is 1. The summed E-state index contributed by atoms with van der Waals surface area (Å²) in [6, 6.07) is 0. The van der Waals surface area contributed by atoms with Crippen LogP contribution in [0.3, 0.4) is 0 Å². The summed E-state index contributed by atoms with van der Waals surface area (Å²) in [4.78, 5) is 0. The van der Waals surface area contributed by atoms with Gasteiger partial charge in [0, 0.05) is 0 Å². The van der Waals surface area contributed by atoms with Crippen LogP contribution in [0.25, 0.3) is 0 Å². The first-order chi connectivity index (χ1) is 13.2. The van der Waals surface area contributed by atoms with E-state index in [1.807, 2.05) is 19.4 Å². The van der Waals surface area contributed by atoms with Crippen molar-refractivity contribution in [3.8, 4) is 0 Å². The van der Waals surface area contributed by atoms with Gasteiger partial charge >= 0.3 is 0 Å². The van der Waals surface area contributed by atoms with E-state index in [0.29, 0.717) is 10.8 Å². The van der Waals surface area contributed by atoms with Crippen LogP contribution >= 0.6 is 0 Å². The van der Waals surface area contributed by atoms with Crippen LogP contribution in [0.4, 0.5) is 0 Å². The van der Waals surface area contributed by atoms with Crippen LogP contribution in [-0.4, -0.2) is 10.7 Å². The Labute approximate surface area is 174 Å². The van der Waals surface area contributed by atoms with Crippen molar-refractivity contribution in [2.45, 2.75) is 117 Å². The van der Waals surface area contributed by atoms with Crippen molar-refractivity contribution in [1.82, 2.24) is 0 Å². The Morgan fingerprint density at radius 2 is 1.89 bits per heavy atom.